The summed E-state index contributed by atoms with van der Waals surface area (Å²) in [6, 6.07) is 9.65. The van der Waals surface area contributed by atoms with Gasteiger partial charge in [-0.25, -0.2) is 9.36 Å². The van der Waals surface area contributed by atoms with Gasteiger partial charge >= 0.3 is 0 Å². The summed E-state index contributed by atoms with van der Waals surface area (Å²) in [6.07, 6.45) is -0.598. The third-order valence-electron chi connectivity index (χ3n) is 3.96. The Morgan fingerprint density at radius 2 is 2.09 bits per heavy atom. The monoisotopic (exact) mass is 318 g/mol. The maximum absolute atomic E-state index is 11.9. The van der Waals surface area contributed by atoms with E-state index in [1.807, 2.05) is 30.3 Å². The van der Waals surface area contributed by atoms with Gasteiger partial charge in [-0.05, 0) is 28.2 Å². The minimum absolute atomic E-state index is 0.0711. The highest BCUT2D eigenvalue weighted by atomic mass is 32.1. The molecule has 114 valence electrons. The Hall–Kier alpha value is -1.90. The van der Waals surface area contributed by atoms with Gasteiger partial charge in [0.15, 0.2) is 5.78 Å². The Morgan fingerprint density at radius 1 is 1.27 bits per heavy atom. The average molecular weight is 318 g/mol. The van der Waals surface area contributed by atoms with E-state index in [0.717, 1.165) is 5.56 Å². The molecule has 7 nitrogen and oxygen atoms in total. The number of hydrogen-bond donors (Lipinski definition) is 0. The highest BCUT2D eigenvalue weighted by Gasteiger charge is 2.45. The molecule has 2 aromatic rings. The van der Waals surface area contributed by atoms with Crippen LogP contribution in [0.5, 0.6) is 0 Å². The molecule has 3 atom stereocenters. The number of rotatable bonds is 3. The second kappa shape index (κ2) is 5.38. The minimum atomic E-state index is -0.713. The summed E-state index contributed by atoms with van der Waals surface area (Å²) in [5.41, 5.74) is 1.09. The zero-order chi connectivity index (χ0) is 15.1. The third kappa shape index (κ3) is 2.29. The van der Waals surface area contributed by atoms with Gasteiger partial charge in [-0.15, -0.1) is 0 Å². The summed E-state index contributed by atoms with van der Waals surface area (Å²) < 4.78 is 14.6. The Morgan fingerprint density at radius 3 is 2.91 bits per heavy atom. The standard InChI is InChI=1S/C14H14N4O3S/c19-11-6-10(12-8-20-13(11)21-12)18-14(22)17(15-16-18)7-9-4-2-1-3-5-9/h1-5,10,12-13H,6-8H2/t10-,12-,13+/m1/s1. The summed E-state index contributed by atoms with van der Waals surface area (Å²) >= 11 is 5.45. The topological polar surface area (TPSA) is 71.2 Å². The first-order valence-corrected chi connectivity index (χ1v) is 7.49. The molecule has 2 aliphatic rings. The van der Waals surface area contributed by atoms with Crippen molar-refractivity contribution in [1.29, 1.82) is 0 Å². The third-order valence-corrected chi connectivity index (χ3v) is 4.36. The lowest BCUT2D eigenvalue weighted by molar-refractivity contribution is -0.156. The molecule has 0 unspecified atom stereocenters. The first-order chi connectivity index (χ1) is 10.7. The largest absolute Gasteiger partial charge is 0.343 e. The molecule has 3 heterocycles. The van der Waals surface area contributed by atoms with Gasteiger partial charge in [-0.3, -0.25) is 4.79 Å². The highest BCUT2D eigenvalue weighted by Crippen LogP contribution is 2.32. The van der Waals surface area contributed by atoms with Crippen LogP contribution < -0.4 is 0 Å². The van der Waals surface area contributed by atoms with E-state index in [9.17, 15) is 4.79 Å². The van der Waals surface area contributed by atoms with E-state index in [1.165, 1.54) is 0 Å². The quantitative estimate of drug-likeness (QED) is 0.790. The minimum Gasteiger partial charge on any atom is -0.343 e. The molecule has 2 saturated heterocycles. The predicted molar refractivity (Wildman–Crippen MR) is 77.7 cm³/mol. The van der Waals surface area contributed by atoms with Crippen molar-refractivity contribution >= 4 is 18.0 Å². The van der Waals surface area contributed by atoms with E-state index >= 15 is 0 Å². The molecule has 4 rings (SSSR count). The lowest BCUT2D eigenvalue weighted by Crippen LogP contribution is -2.37. The fourth-order valence-electron chi connectivity index (χ4n) is 2.82. The first-order valence-electron chi connectivity index (χ1n) is 7.08. The van der Waals surface area contributed by atoms with E-state index in [-0.39, 0.29) is 17.9 Å². The van der Waals surface area contributed by atoms with E-state index in [0.29, 0.717) is 24.3 Å². The summed E-state index contributed by atoms with van der Waals surface area (Å²) in [7, 11) is 0. The average Bonchev–Trinajstić information content (AvgIpc) is 3.11. The molecular formula is C14H14N4O3S. The summed E-state index contributed by atoms with van der Waals surface area (Å²) in [4.78, 5) is 11.9. The molecule has 0 saturated carbocycles. The van der Waals surface area contributed by atoms with Crippen molar-refractivity contribution in [2.75, 3.05) is 6.61 Å². The summed E-state index contributed by atoms with van der Waals surface area (Å²) in [5, 5.41) is 8.24. The Balaban J connectivity index is 1.61. The molecule has 0 radical (unpaired) electrons. The van der Waals surface area contributed by atoms with Crippen LogP contribution in [0.3, 0.4) is 0 Å². The molecule has 0 aliphatic carbocycles. The number of ether oxygens (including phenoxy) is 2. The Labute approximate surface area is 131 Å². The van der Waals surface area contributed by atoms with Gasteiger partial charge in [-0.1, -0.05) is 30.3 Å². The number of hydrogen-bond acceptors (Lipinski definition) is 6. The zero-order valence-electron chi connectivity index (χ0n) is 11.7. The molecule has 2 fully saturated rings. The van der Waals surface area contributed by atoms with Crippen molar-refractivity contribution in [2.45, 2.75) is 31.4 Å². The van der Waals surface area contributed by atoms with Crippen LogP contribution in [-0.2, 0) is 20.8 Å². The van der Waals surface area contributed by atoms with Gasteiger partial charge in [0.1, 0.15) is 6.10 Å². The number of nitrogens with zero attached hydrogens (tertiary/aromatic N) is 4. The van der Waals surface area contributed by atoms with Crippen LogP contribution in [0.25, 0.3) is 0 Å². The fourth-order valence-corrected chi connectivity index (χ4v) is 3.09. The van der Waals surface area contributed by atoms with Crippen molar-refractivity contribution in [3.8, 4) is 0 Å². The number of ketones is 1. The number of aromatic nitrogens is 4. The van der Waals surface area contributed by atoms with Crippen molar-refractivity contribution in [1.82, 2.24) is 19.8 Å². The number of carbonyl (C=O) groups is 1. The second-order valence-electron chi connectivity index (χ2n) is 5.43. The molecule has 1 aromatic heterocycles. The van der Waals surface area contributed by atoms with Crippen molar-refractivity contribution in [2.24, 2.45) is 0 Å². The molecule has 2 aliphatic heterocycles. The lowest BCUT2D eigenvalue weighted by Gasteiger charge is -2.25. The van der Waals surface area contributed by atoms with Gasteiger partial charge in [0.05, 0.1) is 19.2 Å². The van der Waals surface area contributed by atoms with Crippen LogP contribution in [0.1, 0.15) is 18.0 Å². The number of carbonyl (C=O) groups excluding carboxylic acids is 1. The van der Waals surface area contributed by atoms with Gasteiger partial charge in [0.2, 0.25) is 11.1 Å². The number of tetrazole rings is 1. The SMILES string of the molecule is O=C1C[C@@H](n2nnn(Cc3ccccc3)c2=S)[C@H]2CO[C@H]1O2. The molecule has 1 aromatic carbocycles. The molecular weight excluding hydrogens is 304 g/mol. The van der Waals surface area contributed by atoms with Crippen LogP contribution in [0.4, 0.5) is 0 Å². The molecule has 0 amide bonds. The van der Waals surface area contributed by atoms with Crippen LogP contribution in [0, 0.1) is 4.77 Å². The van der Waals surface area contributed by atoms with E-state index in [1.54, 1.807) is 9.36 Å². The van der Waals surface area contributed by atoms with Gasteiger partial charge in [0.25, 0.3) is 0 Å². The Kier molecular flexibility index (Phi) is 3.36. The van der Waals surface area contributed by atoms with E-state index in [2.05, 4.69) is 10.4 Å². The molecule has 22 heavy (non-hydrogen) atoms. The molecule has 2 bridgehead atoms. The fraction of sp³-hybridized carbons (Fsp3) is 0.429. The maximum atomic E-state index is 11.9. The smallest absolute Gasteiger partial charge is 0.218 e. The molecule has 8 heteroatoms. The van der Waals surface area contributed by atoms with Crippen LogP contribution in [0.2, 0.25) is 0 Å². The number of fused-ring (bicyclic) bond motifs is 2. The summed E-state index contributed by atoms with van der Waals surface area (Å²) in [6.45, 7) is 0.930. The molecule has 0 spiro atoms. The highest BCUT2D eigenvalue weighted by molar-refractivity contribution is 7.71. The van der Waals surface area contributed by atoms with Gasteiger partial charge < -0.3 is 9.47 Å². The van der Waals surface area contributed by atoms with Crippen LogP contribution >= 0.6 is 12.2 Å². The predicted octanol–water partition coefficient (Wildman–Crippen LogP) is 1.11. The first kappa shape index (κ1) is 13.7. The van der Waals surface area contributed by atoms with E-state index in [4.69, 9.17) is 21.7 Å². The normalized spacial score (nSPS) is 27.3. The second-order valence-corrected chi connectivity index (χ2v) is 5.79. The van der Waals surface area contributed by atoms with Crippen molar-refractivity contribution < 1.29 is 14.3 Å². The van der Waals surface area contributed by atoms with Crippen LogP contribution in [-0.4, -0.2) is 44.6 Å². The van der Waals surface area contributed by atoms with Crippen molar-refractivity contribution in [3.63, 3.8) is 0 Å². The van der Waals surface area contributed by atoms with Crippen LogP contribution in [0.15, 0.2) is 30.3 Å². The number of benzene rings is 1. The Bertz CT molecular complexity index is 757. The summed E-state index contributed by atoms with van der Waals surface area (Å²) in [5.74, 6) is -0.0711. The van der Waals surface area contributed by atoms with Gasteiger partial charge in [0, 0.05) is 6.42 Å². The zero-order valence-corrected chi connectivity index (χ0v) is 12.5. The lowest BCUT2D eigenvalue weighted by atomic mass is 10.0. The van der Waals surface area contributed by atoms with E-state index < -0.39 is 6.29 Å². The van der Waals surface area contributed by atoms with Gasteiger partial charge in [-0.2, -0.15) is 0 Å². The maximum Gasteiger partial charge on any atom is 0.218 e. The van der Waals surface area contributed by atoms with Crippen molar-refractivity contribution in [3.05, 3.63) is 40.7 Å². The molecule has 0 N–H and O–H groups in total. The number of Topliss-reactive ketones (excluding diaryl/α,β-unsaturated/α-hetero) is 1.